The molecule has 0 amide bonds. The van der Waals surface area contributed by atoms with Crippen LogP contribution < -0.4 is 0 Å². The van der Waals surface area contributed by atoms with E-state index >= 15 is 0 Å². The Kier molecular flexibility index (Phi) is 2.15. The average molecular weight is 221 g/mol. The van der Waals surface area contributed by atoms with Gasteiger partial charge >= 0.3 is 0 Å². The van der Waals surface area contributed by atoms with Gasteiger partial charge in [-0.05, 0) is 35.9 Å². The van der Waals surface area contributed by atoms with Crippen molar-refractivity contribution in [3.8, 4) is 0 Å². The Hall–Kier alpha value is -2.22. The summed E-state index contributed by atoms with van der Waals surface area (Å²) in [5.74, 6) is 0.0487. The molecule has 0 spiro atoms. The molecule has 2 heteroatoms. The molecule has 0 radical (unpaired) electrons. The maximum atomic E-state index is 11.3. The monoisotopic (exact) mass is 221 g/mol. The summed E-state index contributed by atoms with van der Waals surface area (Å²) in [6.45, 7) is 1.56. The number of aromatic nitrogens is 1. The normalized spacial score (nSPS) is 10.9. The molecule has 1 aromatic heterocycles. The third-order valence-corrected chi connectivity index (χ3v) is 2.96. The van der Waals surface area contributed by atoms with Crippen LogP contribution in [0.15, 0.2) is 48.7 Å². The van der Waals surface area contributed by atoms with E-state index in [0.717, 1.165) is 10.9 Å². The molecule has 82 valence electrons. The predicted octanol–water partition coefficient (Wildman–Crippen LogP) is 3.59. The van der Waals surface area contributed by atoms with Gasteiger partial charge in [-0.15, -0.1) is 0 Å². The van der Waals surface area contributed by atoms with Crippen molar-refractivity contribution in [3.63, 3.8) is 0 Å². The van der Waals surface area contributed by atoms with Gasteiger partial charge in [0.1, 0.15) is 0 Å². The molecule has 0 N–H and O–H groups in total. The fourth-order valence-electron chi connectivity index (χ4n) is 2.01. The summed E-state index contributed by atoms with van der Waals surface area (Å²) in [6, 6.07) is 14.2. The zero-order chi connectivity index (χ0) is 11.8. The van der Waals surface area contributed by atoms with Crippen molar-refractivity contribution in [2.45, 2.75) is 6.92 Å². The highest BCUT2D eigenvalue weighted by molar-refractivity contribution is 6.01. The summed E-state index contributed by atoms with van der Waals surface area (Å²) in [6.07, 6.45) is 1.64. The van der Waals surface area contributed by atoms with Gasteiger partial charge in [-0.25, -0.2) is 0 Å². The molecule has 1 heterocycles. The van der Waals surface area contributed by atoms with Crippen LogP contribution in [0.2, 0.25) is 0 Å². The Morgan fingerprint density at radius 3 is 2.41 bits per heavy atom. The van der Waals surface area contributed by atoms with Gasteiger partial charge in [-0.2, -0.15) is 0 Å². The van der Waals surface area contributed by atoms with Crippen LogP contribution in [0, 0.1) is 0 Å². The van der Waals surface area contributed by atoms with E-state index in [1.807, 2.05) is 18.2 Å². The summed E-state index contributed by atoms with van der Waals surface area (Å²) < 4.78 is 0. The van der Waals surface area contributed by atoms with Crippen molar-refractivity contribution in [2.24, 2.45) is 0 Å². The van der Waals surface area contributed by atoms with Gasteiger partial charge < -0.3 is 0 Å². The fourth-order valence-corrected chi connectivity index (χ4v) is 2.01. The number of nitrogens with zero attached hydrogens (tertiary/aromatic N) is 1. The molecule has 0 atom stereocenters. The molecular formula is C15H11NO. The van der Waals surface area contributed by atoms with Gasteiger partial charge in [0, 0.05) is 17.1 Å². The molecular weight excluding hydrogens is 210 g/mol. The van der Waals surface area contributed by atoms with E-state index in [2.05, 4.69) is 29.2 Å². The smallest absolute Gasteiger partial charge is 0.161 e. The highest BCUT2D eigenvalue weighted by Crippen LogP contribution is 2.22. The zero-order valence-corrected chi connectivity index (χ0v) is 9.47. The lowest BCUT2D eigenvalue weighted by atomic mass is 10.1. The van der Waals surface area contributed by atoms with Crippen LogP contribution in [0.4, 0.5) is 0 Å². The average Bonchev–Trinajstić information content (AvgIpc) is 2.35. The Morgan fingerprint density at radius 1 is 1.00 bits per heavy atom. The molecule has 0 unspecified atom stereocenters. The van der Waals surface area contributed by atoms with Crippen molar-refractivity contribution in [2.75, 3.05) is 0 Å². The maximum Gasteiger partial charge on any atom is 0.161 e. The van der Waals surface area contributed by atoms with Crippen LogP contribution >= 0.6 is 0 Å². The lowest BCUT2D eigenvalue weighted by Gasteiger charge is -2.02. The topological polar surface area (TPSA) is 30.0 Å². The van der Waals surface area contributed by atoms with E-state index in [4.69, 9.17) is 0 Å². The van der Waals surface area contributed by atoms with Gasteiger partial charge in [-0.3, -0.25) is 9.78 Å². The minimum Gasteiger partial charge on any atom is -0.294 e. The van der Waals surface area contributed by atoms with E-state index < -0.39 is 0 Å². The number of carbonyl (C=O) groups is 1. The summed E-state index contributed by atoms with van der Waals surface area (Å²) in [4.78, 5) is 15.6. The number of pyridine rings is 1. The summed E-state index contributed by atoms with van der Waals surface area (Å²) >= 11 is 0. The molecule has 0 saturated heterocycles. The lowest BCUT2D eigenvalue weighted by Crippen LogP contribution is -1.93. The van der Waals surface area contributed by atoms with E-state index in [-0.39, 0.29) is 5.78 Å². The number of hydrogen-bond acceptors (Lipinski definition) is 2. The number of benzene rings is 2. The van der Waals surface area contributed by atoms with E-state index in [0.29, 0.717) is 5.56 Å². The summed E-state index contributed by atoms with van der Waals surface area (Å²) in [5, 5.41) is 3.35. The van der Waals surface area contributed by atoms with Crippen LogP contribution in [0.5, 0.6) is 0 Å². The molecule has 2 nitrogen and oxygen atoms in total. The van der Waals surface area contributed by atoms with Crippen molar-refractivity contribution in [3.05, 3.63) is 54.2 Å². The lowest BCUT2D eigenvalue weighted by molar-refractivity contribution is 0.101. The Bertz CT molecular complexity index is 731. The molecule has 0 saturated carbocycles. The first-order valence-electron chi connectivity index (χ1n) is 5.53. The van der Waals surface area contributed by atoms with Gasteiger partial charge in [-0.1, -0.05) is 24.3 Å². The van der Waals surface area contributed by atoms with Crippen LogP contribution in [0.25, 0.3) is 21.7 Å². The second-order valence-corrected chi connectivity index (χ2v) is 4.17. The third kappa shape index (κ3) is 1.68. The molecule has 3 rings (SSSR count). The highest BCUT2D eigenvalue weighted by atomic mass is 16.1. The molecule has 17 heavy (non-hydrogen) atoms. The highest BCUT2D eigenvalue weighted by Gasteiger charge is 2.03. The van der Waals surface area contributed by atoms with Gasteiger partial charge in [0.25, 0.3) is 0 Å². The molecule has 0 fully saturated rings. The number of carbonyl (C=O) groups excluding carboxylic acids is 1. The quantitative estimate of drug-likeness (QED) is 0.464. The number of ketones is 1. The standard InChI is InChI=1S/C15H11NO/c1-10(17)14-7-13-6-11-4-2-3-5-12(11)8-15(13)16-9-14/h2-9H,1H3. The minimum atomic E-state index is 0.0487. The second-order valence-electron chi connectivity index (χ2n) is 4.17. The Balaban J connectivity index is 2.36. The first kappa shape index (κ1) is 9.97. The molecule has 0 aliphatic rings. The number of fused-ring (bicyclic) bond motifs is 2. The fraction of sp³-hybridized carbons (Fsp3) is 0.0667. The Labute approximate surface area is 98.9 Å². The summed E-state index contributed by atoms with van der Waals surface area (Å²) in [5.41, 5.74) is 1.58. The van der Waals surface area contributed by atoms with Gasteiger partial charge in [0.2, 0.25) is 0 Å². The number of hydrogen-bond donors (Lipinski definition) is 0. The largest absolute Gasteiger partial charge is 0.294 e. The van der Waals surface area contributed by atoms with Crippen LogP contribution in [0.3, 0.4) is 0 Å². The predicted molar refractivity (Wildman–Crippen MR) is 69.3 cm³/mol. The van der Waals surface area contributed by atoms with Gasteiger partial charge in [0.05, 0.1) is 5.52 Å². The van der Waals surface area contributed by atoms with Crippen LogP contribution in [0.1, 0.15) is 17.3 Å². The van der Waals surface area contributed by atoms with Crippen LogP contribution in [-0.2, 0) is 0 Å². The van der Waals surface area contributed by atoms with E-state index in [9.17, 15) is 4.79 Å². The maximum absolute atomic E-state index is 11.3. The van der Waals surface area contributed by atoms with Gasteiger partial charge in [0.15, 0.2) is 5.78 Å². The zero-order valence-electron chi connectivity index (χ0n) is 9.47. The Morgan fingerprint density at radius 2 is 1.71 bits per heavy atom. The minimum absolute atomic E-state index is 0.0487. The SMILES string of the molecule is CC(=O)c1cnc2cc3ccccc3cc2c1. The van der Waals surface area contributed by atoms with Crippen molar-refractivity contribution in [1.29, 1.82) is 0 Å². The number of Topliss-reactive ketones (excluding diaryl/α,β-unsaturated/α-hetero) is 1. The first-order chi connectivity index (χ1) is 8.24. The van der Waals surface area contributed by atoms with E-state index in [1.165, 1.54) is 10.8 Å². The molecule has 0 bridgehead atoms. The van der Waals surface area contributed by atoms with Crippen molar-refractivity contribution < 1.29 is 4.79 Å². The van der Waals surface area contributed by atoms with E-state index in [1.54, 1.807) is 13.1 Å². The van der Waals surface area contributed by atoms with Crippen molar-refractivity contribution in [1.82, 2.24) is 4.98 Å². The first-order valence-corrected chi connectivity index (χ1v) is 5.53. The number of rotatable bonds is 1. The molecule has 2 aromatic carbocycles. The molecule has 0 aliphatic heterocycles. The van der Waals surface area contributed by atoms with Crippen molar-refractivity contribution >= 4 is 27.5 Å². The summed E-state index contributed by atoms with van der Waals surface area (Å²) in [7, 11) is 0. The molecule has 3 aromatic rings. The molecule has 0 aliphatic carbocycles. The second kappa shape index (κ2) is 3.67. The van der Waals surface area contributed by atoms with Crippen LogP contribution in [-0.4, -0.2) is 10.8 Å². The third-order valence-electron chi connectivity index (χ3n) is 2.96.